The number of hydrogen-bond donors (Lipinski definition) is 0. The van der Waals surface area contributed by atoms with Gasteiger partial charge in [-0.25, -0.2) is 0 Å². The third-order valence-electron chi connectivity index (χ3n) is 4.54. The normalized spacial score (nSPS) is 11.7. The molecule has 0 radical (unpaired) electrons. The molecule has 2 nitrogen and oxygen atoms in total. The van der Waals surface area contributed by atoms with Crippen molar-refractivity contribution in [2.24, 2.45) is 0 Å². The second kappa shape index (κ2) is 8.28. The first-order chi connectivity index (χ1) is 11.1. The second-order valence-electron chi connectivity index (χ2n) is 6.50. The van der Waals surface area contributed by atoms with E-state index in [1.165, 1.54) is 22.3 Å². The Morgan fingerprint density at radius 3 is 1.30 bits per heavy atom. The van der Waals surface area contributed by atoms with Crippen LogP contribution in [0.15, 0.2) is 48.5 Å². The van der Waals surface area contributed by atoms with E-state index in [-0.39, 0.29) is 5.41 Å². The second-order valence-corrected chi connectivity index (χ2v) is 6.50. The van der Waals surface area contributed by atoms with Gasteiger partial charge < -0.3 is 9.47 Å². The van der Waals surface area contributed by atoms with Crippen LogP contribution in [0.2, 0.25) is 0 Å². The van der Waals surface area contributed by atoms with Crippen LogP contribution in [0.5, 0.6) is 0 Å². The first-order valence-corrected chi connectivity index (χ1v) is 8.24. The SMILES string of the molecule is COCCc1ccc(C(C)(C)c2ccc(CCOC)cc2)cc1. The number of hydrogen-bond acceptors (Lipinski definition) is 2. The molecule has 0 amide bonds. The molecule has 0 saturated heterocycles. The predicted octanol–water partition coefficient (Wildman–Crippen LogP) is 4.39. The molecule has 2 aromatic rings. The molecule has 0 aliphatic carbocycles. The van der Waals surface area contributed by atoms with Crippen molar-refractivity contribution in [1.82, 2.24) is 0 Å². The zero-order valence-corrected chi connectivity index (χ0v) is 14.8. The van der Waals surface area contributed by atoms with E-state index in [9.17, 15) is 0 Å². The Morgan fingerprint density at radius 1 is 0.652 bits per heavy atom. The fourth-order valence-corrected chi connectivity index (χ4v) is 2.78. The molecule has 2 heteroatoms. The van der Waals surface area contributed by atoms with Gasteiger partial charge in [-0.1, -0.05) is 62.4 Å². The van der Waals surface area contributed by atoms with E-state index < -0.39 is 0 Å². The Morgan fingerprint density at radius 2 is 1.00 bits per heavy atom. The molecular formula is C21H28O2. The van der Waals surface area contributed by atoms with Crippen LogP contribution >= 0.6 is 0 Å². The summed E-state index contributed by atoms with van der Waals surface area (Å²) < 4.78 is 10.3. The Hall–Kier alpha value is -1.64. The number of rotatable bonds is 8. The van der Waals surface area contributed by atoms with Gasteiger partial charge in [0, 0.05) is 19.6 Å². The van der Waals surface area contributed by atoms with E-state index in [4.69, 9.17) is 9.47 Å². The van der Waals surface area contributed by atoms with Gasteiger partial charge in [0.2, 0.25) is 0 Å². The smallest absolute Gasteiger partial charge is 0.0502 e. The minimum Gasteiger partial charge on any atom is -0.384 e. The maximum Gasteiger partial charge on any atom is 0.0502 e. The molecule has 0 aliphatic heterocycles. The van der Waals surface area contributed by atoms with Crippen LogP contribution in [0.3, 0.4) is 0 Å². The lowest BCUT2D eigenvalue weighted by Gasteiger charge is -2.26. The third kappa shape index (κ3) is 4.66. The molecule has 0 heterocycles. The Labute approximate surface area is 140 Å². The van der Waals surface area contributed by atoms with Gasteiger partial charge in [0.1, 0.15) is 0 Å². The fraction of sp³-hybridized carbons (Fsp3) is 0.429. The van der Waals surface area contributed by atoms with Crippen molar-refractivity contribution >= 4 is 0 Å². The lowest BCUT2D eigenvalue weighted by molar-refractivity contribution is 0.202. The maximum atomic E-state index is 5.14. The summed E-state index contributed by atoms with van der Waals surface area (Å²) in [5, 5.41) is 0. The van der Waals surface area contributed by atoms with Crippen molar-refractivity contribution in [3.63, 3.8) is 0 Å². The average Bonchev–Trinajstić information content (AvgIpc) is 2.59. The van der Waals surface area contributed by atoms with Gasteiger partial charge in [-0.3, -0.25) is 0 Å². The summed E-state index contributed by atoms with van der Waals surface area (Å²) in [4.78, 5) is 0. The van der Waals surface area contributed by atoms with Crippen molar-refractivity contribution in [3.8, 4) is 0 Å². The standard InChI is InChI=1S/C21H28O2/c1-21(2,19-9-5-17(6-10-19)13-15-22-3)20-11-7-18(8-12-20)14-16-23-4/h5-12H,13-16H2,1-4H3. The van der Waals surface area contributed by atoms with Crippen molar-refractivity contribution in [3.05, 3.63) is 70.8 Å². The fourth-order valence-electron chi connectivity index (χ4n) is 2.78. The monoisotopic (exact) mass is 312 g/mol. The zero-order chi connectivity index (χ0) is 16.7. The number of ether oxygens (including phenoxy) is 2. The van der Waals surface area contributed by atoms with E-state index in [0.717, 1.165) is 26.1 Å². The molecule has 2 rings (SSSR count). The minimum absolute atomic E-state index is 0.000424. The highest BCUT2D eigenvalue weighted by Crippen LogP contribution is 2.31. The molecular weight excluding hydrogens is 284 g/mol. The number of benzene rings is 2. The molecule has 0 bridgehead atoms. The van der Waals surface area contributed by atoms with Crippen molar-refractivity contribution < 1.29 is 9.47 Å². The van der Waals surface area contributed by atoms with Crippen LogP contribution in [-0.4, -0.2) is 27.4 Å². The van der Waals surface area contributed by atoms with E-state index in [2.05, 4.69) is 62.4 Å². The summed E-state index contributed by atoms with van der Waals surface area (Å²) in [5.41, 5.74) is 5.31. The highest BCUT2D eigenvalue weighted by molar-refractivity contribution is 5.39. The first-order valence-electron chi connectivity index (χ1n) is 8.24. The lowest BCUT2D eigenvalue weighted by Crippen LogP contribution is -2.19. The van der Waals surface area contributed by atoms with Gasteiger partial charge in [0.15, 0.2) is 0 Å². The molecule has 0 fully saturated rings. The summed E-state index contributed by atoms with van der Waals surface area (Å²) in [6, 6.07) is 17.8. The molecule has 0 aliphatic rings. The zero-order valence-electron chi connectivity index (χ0n) is 14.8. The summed E-state index contributed by atoms with van der Waals surface area (Å²) in [5.74, 6) is 0. The molecule has 0 N–H and O–H groups in total. The molecule has 124 valence electrons. The van der Waals surface area contributed by atoms with Crippen LogP contribution in [-0.2, 0) is 27.7 Å². The van der Waals surface area contributed by atoms with Gasteiger partial charge in [0.05, 0.1) is 13.2 Å². The maximum absolute atomic E-state index is 5.14. The topological polar surface area (TPSA) is 18.5 Å². The summed E-state index contributed by atoms with van der Waals surface area (Å²) in [7, 11) is 3.49. The van der Waals surface area contributed by atoms with Crippen molar-refractivity contribution in [2.45, 2.75) is 32.1 Å². The Balaban J connectivity index is 2.13. The van der Waals surface area contributed by atoms with Gasteiger partial charge in [-0.15, -0.1) is 0 Å². The highest BCUT2D eigenvalue weighted by atomic mass is 16.5. The largest absolute Gasteiger partial charge is 0.384 e. The number of methoxy groups -OCH3 is 2. The van der Waals surface area contributed by atoms with Crippen LogP contribution in [0.25, 0.3) is 0 Å². The van der Waals surface area contributed by atoms with Gasteiger partial charge in [0.25, 0.3) is 0 Å². The molecule has 0 spiro atoms. The summed E-state index contributed by atoms with van der Waals surface area (Å²) in [6.45, 7) is 6.10. The van der Waals surface area contributed by atoms with E-state index >= 15 is 0 Å². The molecule has 0 saturated carbocycles. The van der Waals surface area contributed by atoms with Gasteiger partial charge >= 0.3 is 0 Å². The first kappa shape index (κ1) is 17.7. The van der Waals surface area contributed by atoms with E-state index in [1.807, 2.05) is 0 Å². The van der Waals surface area contributed by atoms with E-state index in [1.54, 1.807) is 14.2 Å². The van der Waals surface area contributed by atoms with Crippen LogP contribution in [0, 0.1) is 0 Å². The van der Waals surface area contributed by atoms with Crippen molar-refractivity contribution in [2.75, 3.05) is 27.4 Å². The van der Waals surface area contributed by atoms with Crippen molar-refractivity contribution in [1.29, 1.82) is 0 Å². The quantitative estimate of drug-likeness (QED) is 0.719. The third-order valence-corrected chi connectivity index (χ3v) is 4.54. The molecule has 0 unspecified atom stereocenters. The predicted molar refractivity (Wildman–Crippen MR) is 96.2 cm³/mol. The summed E-state index contributed by atoms with van der Waals surface area (Å²) >= 11 is 0. The highest BCUT2D eigenvalue weighted by Gasteiger charge is 2.22. The van der Waals surface area contributed by atoms with Gasteiger partial charge in [-0.05, 0) is 35.1 Å². The Bertz CT molecular complexity index is 529. The Kier molecular flexibility index (Phi) is 6.37. The summed E-state index contributed by atoms with van der Waals surface area (Å²) in [6.07, 6.45) is 1.93. The van der Waals surface area contributed by atoms with E-state index in [0.29, 0.717) is 0 Å². The van der Waals surface area contributed by atoms with Gasteiger partial charge in [-0.2, -0.15) is 0 Å². The van der Waals surface area contributed by atoms with Crippen LogP contribution < -0.4 is 0 Å². The van der Waals surface area contributed by atoms with Crippen LogP contribution in [0.4, 0.5) is 0 Å². The minimum atomic E-state index is -0.000424. The molecule has 0 atom stereocenters. The lowest BCUT2D eigenvalue weighted by atomic mass is 9.77. The molecule has 2 aromatic carbocycles. The van der Waals surface area contributed by atoms with Crippen LogP contribution in [0.1, 0.15) is 36.1 Å². The molecule has 0 aromatic heterocycles. The molecule has 23 heavy (non-hydrogen) atoms. The average molecular weight is 312 g/mol.